The summed E-state index contributed by atoms with van der Waals surface area (Å²) >= 11 is 0. The van der Waals surface area contributed by atoms with Crippen LogP contribution in [0.3, 0.4) is 0 Å². The Morgan fingerprint density at radius 3 is 2.94 bits per heavy atom. The molecule has 1 aromatic rings. The van der Waals surface area contributed by atoms with Crippen LogP contribution in [0.25, 0.3) is 0 Å². The minimum absolute atomic E-state index is 0.146. The topological polar surface area (TPSA) is 94.3 Å². The number of amides is 1. The highest BCUT2D eigenvalue weighted by Gasteiger charge is 2.16. The maximum atomic E-state index is 11.2. The Kier molecular flexibility index (Phi) is 4.69. The summed E-state index contributed by atoms with van der Waals surface area (Å²) in [5, 5.41) is 9.20. The number of carbonyl (C=O) groups is 2. The fourth-order valence-electron chi connectivity index (χ4n) is 0.917. The van der Waals surface area contributed by atoms with Crippen LogP contribution < -0.4 is 5.32 Å². The van der Waals surface area contributed by atoms with E-state index in [0.717, 1.165) is 0 Å². The zero-order valence-electron chi connectivity index (χ0n) is 9.23. The number of nitrogens with zero attached hydrogens (tertiary/aromatic N) is 2. The average Bonchev–Trinajstić information content (AvgIpc) is 2.75. The third-order valence-electron chi connectivity index (χ3n) is 1.62. The van der Waals surface area contributed by atoms with Gasteiger partial charge in [0.25, 0.3) is 0 Å². The second-order valence-corrected chi connectivity index (χ2v) is 2.89. The maximum Gasteiger partial charge on any atom is 0.396 e. The second-order valence-electron chi connectivity index (χ2n) is 2.89. The first-order valence-electron chi connectivity index (χ1n) is 4.91. The first-order chi connectivity index (χ1) is 8.17. The normalized spacial score (nSPS) is 9.41. The molecule has 0 saturated carbocycles. The van der Waals surface area contributed by atoms with E-state index in [0.29, 0.717) is 6.42 Å². The molecule has 0 aliphatic heterocycles. The van der Waals surface area contributed by atoms with Gasteiger partial charge in [0.05, 0.1) is 6.61 Å². The Morgan fingerprint density at radius 1 is 1.53 bits per heavy atom. The summed E-state index contributed by atoms with van der Waals surface area (Å²) in [6, 6.07) is -0.157. The van der Waals surface area contributed by atoms with Gasteiger partial charge in [0.1, 0.15) is 0 Å². The zero-order chi connectivity index (χ0) is 12.7. The maximum absolute atomic E-state index is 11.2. The van der Waals surface area contributed by atoms with Crippen LogP contribution in [-0.4, -0.2) is 28.7 Å². The highest BCUT2D eigenvalue weighted by atomic mass is 16.5. The van der Waals surface area contributed by atoms with Crippen molar-refractivity contribution < 1.29 is 18.7 Å². The molecule has 0 radical (unpaired) electrons. The molecule has 0 spiro atoms. The molecule has 0 bridgehead atoms. The smallest absolute Gasteiger partial charge is 0.396 e. The molecule has 0 aliphatic carbocycles. The standard InChI is InChI=1S/C10H11N3O4/c1-3-5-6-7(14)11-10-13-12-8(17-10)9(15)16-4-2/h1H,4-6H2,2H3,(H,11,13,14). The number of hydrogen-bond donors (Lipinski definition) is 1. The molecule has 17 heavy (non-hydrogen) atoms. The number of esters is 1. The van der Waals surface area contributed by atoms with Gasteiger partial charge in [-0.15, -0.1) is 12.3 Å². The number of aromatic nitrogens is 2. The van der Waals surface area contributed by atoms with Gasteiger partial charge in [-0.25, -0.2) is 4.79 Å². The zero-order valence-corrected chi connectivity index (χ0v) is 9.23. The summed E-state index contributed by atoms with van der Waals surface area (Å²) in [7, 11) is 0. The van der Waals surface area contributed by atoms with E-state index in [1.807, 2.05) is 0 Å². The first kappa shape index (κ1) is 12.7. The fraction of sp³-hybridized carbons (Fsp3) is 0.400. The molecule has 7 nitrogen and oxygen atoms in total. The van der Waals surface area contributed by atoms with Crippen LogP contribution in [0.15, 0.2) is 4.42 Å². The van der Waals surface area contributed by atoms with E-state index in [-0.39, 0.29) is 30.8 Å². The molecule has 0 unspecified atom stereocenters. The van der Waals surface area contributed by atoms with Gasteiger partial charge in [0.2, 0.25) is 5.91 Å². The van der Waals surface area contributed by atoms with Gasteiger partial charge in [0.15, 0.2) is 0 Å². The number of terminal acetylenes is 1. The molecule has 0 aromatic carbocycles. The Hall–Kier alpha value is -2.36. The highest BCUT2D eigenvalue weighted by molar-refractivity contribution is 5.89. The van der Waals surface area contributed by atoms with E-state index in [4.69, 9.17) is 10.8 Å². The van der Waals surface area contributed by atoms with Crippen molar-refractivity contribution in [3.05, 3.63) is 5.89 Å². The largest absolute Gasteiger partial charge is 0.459 e. The molecule has 1 N–H and O–H groups in total. The predicted molar refractivity (Wildman–Crippen MR) is 57.0 cm³/mol. The quantitative estimate of drug-likeness (QED) is 0.595. The Bertz CT molecular complexity index is 447. The lowest BCUT2D eigenvalue weighted by atomic mass is 10.3. The van der Waals surface area contributed by atoms with Gasteiger partial charge in [0, 0.05) is 12.8 Å². The Morgan fingerprint density at radius 2 is 2.29 bits per heavy atom. The lowest BCUT2D eigenvalue weighted by molar-refractivity contribution is -0.116. The summed E-state index contributed by atoms with van der Waals surface area (Å²) in [4.78, 5) is 22.4. The van der Waals surface area contributed by atoms with Crippen molar-refractivity contribution in [3.63, 3.8) is 0 Å². The molecule has 7 heteroatoms. The van der Waals surface area contributed by atoms with Crippen LogP contribution in [0.4, 0.5) is 6.01 Å². The molecule has 0 saturated heterocycles. The second kappa shape index (κ2) is 6.27. The molecule has 1 heterocycles. The summed E-state index contributed by atoms with van der Waals surface area (Å²) in [6.07, 6.45) is 5.46. The lowest BCUT2D eigenvalue weighted by Crippen LogP contribution is -2.11. The van der Waals surface area contributed by atoms with E-state index in [9.17, 15) is 9.59 Å². The van der Waals surface area contributed by atoms with Crippen molar-refractivity contribution in [2.75, 3.05) is 11.9 Å². The molecule has 1 rings (SSSR count). The lowest BCUT2D eigenvalue weighted by Gasteiger charge is -1.97. The molecular weight excluding hydrogens is 226 g/mol. The number of nitrogens with one attached hydrogen (secondary N) is 1. The molecular formula is C10H11N3O4. The van der Waals surface area contributed by atoms with E-state index in [1.165, 1.54) is 0 Å². The van der Waals surface area contributed by atoms with Crippen LogP contribution >= 0.6 is 0 Å². The van der Waals surface area contributed by atoms with E-state index >= 15 is 0 Å². The molecule has 0 fully saturated rings. The number of anilines is 1. The van der Waals surface area contributed by atoms with Crippen LogP contribution in [0.2, 0.25) is 0 Å². The molecule has 1 amide bonds. The minimum atomic E-state index is -0.732. The third-order valence-corrected chi connectivity index (χ3v) is 1.62. The fourth-order valence-corrected chi connectivity index (χ4v) is 0.917. The summed E-state index contributed by atoms with van der Waals surface area (Å²) < 4.78 is 9.50. The van der Waals surface area contributed by atoms with Gasteiger partial charge in [-0.2, -0.15) is 0 Å². The summed E-state index contributed by atoms with van der Waals surface area (Å²) in [5.74, 6) is 0.925. The molecule has 90 valence electrons. The molecule has 0 atom stereocenters. The first-order valence-corrected chi connectivity index (χ1v) is 4.91. The van der Waals surface area contributed by atoms with Crippen molar-refractivity contribution >= 4 is 17.9 Å². The third kappa shape index (κ3) is 3.95. The molecule has 1 aromatic heterocycles. The minimum Gasteiger partial charge on any atom is -0.459 e. The van der Waals surface area contributed by atoms with E-state index < -0.39 is 5.97 Å². The van der Waals surface area contributed by atoms with Crippen molar-refractivity contribution in [2.45, 2.75) is 19.8 Å². The number of rotatable bonds is 5. The Balaban J connectivity index is 2.54. The SMILES string of the molecule is C#CCCC(=O)Nc1nnc(C(=O)OCC)o1. The van der Waals surface area contributed by atoms with Crippen LogP contribution in [-0.2, 0) is 9.53 Å². The number of carbonyl (C=O) groups excluding carboxylic acids is 2. The van der Waals surface area contributed by atoms with E-state index in [1.54, 1.807) is 6.92 Å². The van der Waals surface area contributed by atoms with Gasteiger partial charge in [-0.1, -0.05) is 10.2 Å². The van der Waals surface area contributed by atoms with Crippen molar-refractivity contribution in [2.24, 2.45) is 0 Å². The van der Waals surface area contributed by atoms with Crippen molar-refractivity contribution in [3.8, 4) is 12.3 Å². The number of hydrogen-bond acceptors (Lipinski definition) is 6. The van der Waals surface area contributed by atoms with Crippen molar-refractivity contribution in [1.82, 2.24) is 10.2 Å². The van der Waals surface area contributed by atoms with Crippen LogP contribution in [0, 0.1) is 12.3 Å². The van der Waals surface area contributed by atoms with Gasteiger partial charge in [-0.3, -0.25) is 10.1 Å². The predicted octanol–water partition coefficient (Wildman–Crippen LogP) is 0.598. The summed E-state index contributed by atoms with van der Waals surface area (Å²) in [6.45, 7) is 1.85. The number of ether oxygens (including phenoxy) is 1. The van der Waals surface area contributed by atoms with Gasteiger partial charge in [-0.05, 0) is 6.92 Å². The highest BCUT2D eigenvalue weighted by Crippen LogP contribution is 2.07. The Labute approximate surface area is 97.5 Å². The van der Waals surface area contributed by atoms with Crippen LogP contribution in [0.5, 0.6) is 0 Å². The van der Waals surface area contributed by atoms with Crippen molar-refractivity contribution in [1.29, 1.82) is 0 Å². The monoisotopic (exact) mass is 237 g/mol. The van der Waals surface area contributed by atoms with Gasteiger partial charge >= 0.3 is 17.9 Å². The molecule has 0 aliphatic rings. The van der Waals surface area contributed by atoms with Gasteiger partial charge < -0.3 is 9.15 Å². The summed E-state index contributed by atoms with van der Waals surface area (Å²) in [5.41, 5.74) is 0. The average molecular weight is 237 g/mol. The van der Waals surface area contributed by atoms with Crippen LogP contribution in [0.1, 0.15) is 30.5 Å². The van der Waals surface area contributed by atoms with E-state index in [2.05, 4.69) is 26.2 Å².